The number of carbonyl (C=O) groups excluding carboxylic acids is 1. The van der Waals surface area contributed by atoms with Gasteiger partial charge in [0.05, 0.1) is 10.7 Å². The van der Waals surface area contributed by atoms with E-state index in [1.807, 2.05) is 19.1 Å². The topological polar surface area (TPSA) is 74.8 Å². The molecule has 1 amide bonds. The second-order valence-corrected chi connectivity index (χ2v) is 7.62. The first-order valence-corrected chi connectivity index (χ1v) is 9.69. The lowest BCUT2D eigenvalue weighted by Gasteiger charge is -2.10. The Bertz CT molecular complexity index is 1050. The van der Waals surface area contributed by atoms with Crippen LogP contribution in [-0.4, -0.2) is 17.2 Å². The molecule has 3 aromatic rings. The van der Waals surface area contributed by atoms with E-state index in [-0.39, 0.29) is 11.7 Å². The SMILES string of the molecule is Cc1ccc(C(=O)N/N=C/c2c(O)c(Br)cc3oc4c(c23)CCCC4)cc1. The third-order valence-corrected chi connectivity index (χ3v) is 5.49. The van der Waals surface area contributed by atoms with Crippen molar-refractivity contribution in [1.29, 1.82) is 0 Å². The van der Waals surface area contributed by atoms with Crippen LogP contribution in [0.15, 0.2) is 44.3 Å². The lowest BCUT2D eigenvalue weighted by molar-refractivity contribution is 0.0955. The predicted molar refractivity (Wildman–Crippen MR) is 108 cm³/mol. The summed E-state index contributed by atoms with van der Waals surface area (Å²) in [7, 11) is 0. The molecule has 2 N–H and O–H groups in total. The summed E-state index contributed by atoms with van der Waals surface area (Å²) in [5.41, 5.74) is 6.54. The Kier molecular flexibility index (Phi) is 4.74. The summed E-state index contributed by atoms with van der Waals surface area (Å²) in [5.74, 6) is 0.767. The van der Waals surface area contributed by atoms with Crippen molar-refractivity contribution in [2.45, 2.75) is 32.6 Å². The van der Waals surface area contributed by atoms with Crippen molar-refractivity contribution >= 4 is 39.0 Å². The van der Waals surface area contributed by atoms with E-state index in [9.17, 15) is 9.90 Å². The average Bonchev–Trinajstić information content (AvgIpc) is 3.03. The molecule has 0 atom stereocenters. The molecule has 6 heteroatoms. The van der Waals surface area contributed by atoms with Crippen molar-refractivity contribution in [3.05, 3.63) is 62.8 Å². The molecule has 0 unspecified atom stereocenters. The van der Waals surface area contributed by atoms with Gasteiger partial charge in [-0.2, -0.15) is 5.10 Å². The van der Waals surface area contributed by atoms with Crippen LogP contribution in [0.25, 0.3) is 11.0 Å². The van der Waals surface area contributed by atoms with Crippen LogP contribution < -0.4 is 5.43 Å². The van der Waals surface area contributed by atoms with Gasteiger partial charge in [-0.1, -0.05) is 17.7 Å². The summed E-state index contributed by atoms with van der Waals surface area (Å²) < 4.78 is 6.52. The fourth-order valence-electron chi connectivity index (χ4n) is 3.47. The normalized spacial score (nSPS) is 13.9. The van der Waals surface area contributed by atoms with Crippen LogP contribution in [0.2, 0.25) is 0 Å². The maximum atomic E-state index is 12.2. The standard InChI is InChI=1S/C21H19BrN2O3/c1-12-6-8-13(9-7-12)21(26)24-23-11-15-19-14-4-2-3-5-17(14)27-18(19)10-16(22)20(15)25/h6-11,25H,2-5H2,1H3,(H,24,26)/b23-11+. The highest BCUT2D eigenvalue weighted by atomic mass is 79.9. The first-order chi connectivity index (χ1) is 13.0. The summed E-state index contributed by atoms with van der Waals surface area (Å²) in [6, 6.07) is 9.04. The van der Waals surface area contributed by atoms with E-state index in [4.69, 9.17) is 4.42 Å². The van der Waals surface area contributed by atoms with E-state index in [1.54, 1.807) is 18.2 Å². The molecule has 1 aliphatic rings. The Morgan fingerprint density at radius 3 is 2.78 bits per heavy atom. The van der Waals surface area contributed by atoms with Crippen molar-refractivity contribution in [2.24, 2.45) is 5.10 Å². The summed E-state index contributed by atoms with van der Waals surface area (Å²) in [6.45, 7) is 1.97. The number of aromatic hydroxyl groups is 1. The van der Waals surface area contributed by atoms with Gasteiger partial charge in [0.25, 0.3) is 5.91 Å². The van der Waals surface area contributed by atoms with E-state index in [1.165, 1.54) is 6.21 Å². The number of phenolic OH excluding ortho intramolecular Hbond substituents is 1. The van der Waals surface area contributed by atoms with Crippen LogP contribution >= 0.6 is 15.9 Å². The first kappa shape index (κ1) is 17.8. The minimum atomic E-state index is -0.300. The Hall–Kier alpha value is -2.60. The lowest BCUT2D eigenvalue weighted by Crippen LogP contribution is -2.17. The molecule has 1 aliphatic carbocycles. The summed E-state index contributed by atoms with van der Waals surface area (Å²) in [6.07, 6.45) is 5.51. The number of benzene rings is 2. The van der Waals surface area contributed by atoms with Crippen LogP contribution in [0.4, 0.5) is 0 Å². The highest BCUT2D eigenvalue weighted by Gasteiger charge is 2.22. The van der Waals surface area contributed by atoms with Gasteiger partial charge in [0.2, 0.25) is 0 Å². The number of phenols is 1. The van der Waals surface area contributed by atoms with Crippen molar-refractivity contribution in [3.63, 3.8) is 0 Å². The number of halogens is 1. The number of nitrogens with one attached hydrogen (secondary N) is 1. The second-order valence-electron chi connectivity index (χ2n) is 6.77. The molecule has 5 nitrogen and oxygen atoms in total. The molecule has 138 valence electrons. The molecule has 27 heavy (non-hydrogen) atoms. The monoisotopic (exact) mass is 426 g/mol. The number of amides is 1. The van der Waals surface area contributed by atoms with Gasteiger partial charge < -0.3 is 9.52 Å². The highest BCUT2D eigenvalue weighted by molar-refractivity contribution is 9.10. The van der Waals surface area contributed by atoms with Gasteiger partial charge >= 0.3 is 0 Å². The minimum absolute atomic E-state index is 0.0880. The molecule has 4 rings (SSSR count). The molecule has 0 aliphatic heterocycles. The number of aryl methyl sites for hydroxylation is 3. The number of carbonyl (C=O) groups is 1. The highest BCUT2D eigenvalue weighted by Crippen LogP contribution is 2.40. The molecule has 1 aromatic heterocycles. The number of rotatable bonds is 3. The summed E-state index contributed by atoms with van der Waals surface area (Å²) in [5, 5.41) is 15.5. The Morgan fingerprint density at radius 1 is 1.26 bits per heavy atom. The molecule has 0 spiro atoms. The minimum Gasteiger partial charge on any atom is -0.506 e. The summed E-state index contributed by atoms with van der Waals surface area (Å²) in [4.78, 5) is 12.2. The Labute approximate surface area is 165 Å². The molecule has 0 saturated carbocycles. The van der Waals surface area contributed by atoms with Crippen LogP contribution in [0.3, 0.4) is 0 Å². The third kappa shape index (κ3) is 3.37. The number of fused-ring (bicyclic) bond motifs is 3. The van der Waals surface area contributed by atoms with Crippen molar-refractivity contribution in [3.8, 4) is 5.75 Å². The van der Waals surface area contributed by atoms with Crippen molar-refractivity contribution in [1.82, 2.24) is 5.43 Å². The van der Waals surface area contributed by atoms with E-state index in [0.29, 0.717) is 15.6 Å². The maximum Gasteiger partial charge on any atom is 0.271 e. The van der Waals surface area contributed by atoms with Crippen molar-refractivity contribution in [2.75, 3.05) is 0 Å². The van der Waals surface area contributed by atoms with E-state index in [2.05, 4.69) is 26.5 Å². The molecular weight excluding hydrogens is 408 g/mol. The van der Waals surface area contributed by atoms with Crippen LogP contribution in [0.1, 0.15) is 45.7 Å². The van der Waals surface area contributed by atoms with E-state index < -0.39 is 0 Å². The maximum absolute atomic E-state index is 12.2. The second kappa shape index (κ2) is 7.19. The van der Waals surface area contributed by atoms with E-state index in [0.717, 1.165) is 53.5 Å². The molecule has 0 fully saturated rings. The number of nitrogens with zero attached hydrogens (tertiary/aromatic N) is 1. The molecule has 0 saturated heterocycles. The van der Waals surface area contributed by atoms with Gasteiger partial charge in [0.15, 0.2) is 0 Å². The van der Waals surface area contributed by atoms with Crippen LogP contribution in [-0.2, 0) is 12.8 Å². The van der Waals surface area contributed by atoms with Gasteiger partial charge in [-0.3, -0.25) is 4.79 Å². The number of furan rings is 1. The fourth-order valence-corrected chi connectivity index (χ4v) is 3.89. The molecule has 1 heterocycles. The number of hydrogen-bond acceptors (Lipinski definition) is 4. The third-order valence-electron chi connectivity index (χ3n) is 4.88. The van der Waals surface area contributed by atoms with Gasteiger partial charge in [0.1, 0.15) is 17.1 Å². The zero-order valence-corrected chi connectivity index (χ0v) is 16.5. The zero-order chi connectivity index (χ0) is 19.0. The Balaban J connectivity index is 1.67. The van der Waals surface area contributed by atoms with Gasteiger partial charge in [-0.25, -0.2) is 5.43 Å². The van der Waals surface area contributed by atoms with E-state index >= 15 is 0 Å². The molecule has 0 radical (unpaired) electrons. The number of hydrogen-bond donors (Lipinski definition) is 2. The average molecular weight is 427 g/mol. The smallest absolute Gasteiger partial charge is 0.271 e. The summed E-state index contributed by atoms with van der Waals surface area (Å²) >= 11 is 3.37. The van der Waals surface area contributed by atoms with Gasteiger partial charge in [-0.15, -0.1) is 0 Å². The van der Waals surface area contributed by atoms with Crippen LogP contribution in [0, 0.1) is 6.92 Å². The van der Waals surface area contributed by atoms with Gasteiger partial charge in [-0.05, 0) is 60.3 Å². The zero-order valence-electron chi connectivity index (χ0n) is 14.9. The van der Waals surface area contributed by atoms with Crippen LogP contribution in [0.5, 0.6) is 5.75 Å². The molecular formula is C21H19BrN2O3. The van der Waals surface area contributed by atoms with Gasteiger partial charge in [0, 0.05) is 28.5 Å². The number of hydrazone groups is 1. The quantitative estimate of drug-likeness (QED) is 0.464. The molecule has 0 bridgehead atoms. The van der Waals surface area contributed by atoms with Crippen molar-refractivity contribution < 1.29 is 14.3 Å². The predicted octanol–water partition coefficient (Wildman–Crippen LogP) is 4.85. The first-order valence-electron chi connectivity index (χ1n) is 8.90. The Morgan fingerprint density at radius 2 is 2.00 bits per heavy atom. The molecule has 2 aromatic carbocycles. The largest absolute Gasteiger partial charge is 0.506 e. The lowest BCUT2D eigenvalue weighted by atomic mass is 9.94. The fraction of sp³-hybridized carbons (Fsp3) is 0.238.